The van der Waals surface area contributed by atoms with Crippen LogP contribution in [0.5, 0.6) is 0 Å². The minimum absolute atomic E-state index is 0.105. The Balaban J connectivity index is 2.39. The summed E-state index contributed by atoms with van der Waals surface area (Å²) in [6.07, 6.45) is 2.85. The Morgan fingerprint density at radius 1 is 1.53 bits per heavy atom. The second-order valence-electron chi connectivity index (χ2n) is 3.90. The summed E-state index contributed by atoms with van der Waals surface area (Å²) >= 11 is 0. The van der Waals surface area contributed by atoms with Crippen molar-refractivity contribution < 1.29 is 9.31 Å². The van der Waals surface area contributed by atoms with Gasteiger partial charge in [-0.25, -0.2) is 4.39 Å². The van der Waals surface area contributed by atoms with E-state index in [0.717, 1.165) is 18.9 Å². The first kappa shape index (κ1) is 9.89. The van der Waals surface area contributed by atoms with Crippen LogP contribution in [0.1, 0.15) is 18.4 Å². The number of nitro groups is 1. The van der Waals surface area contributed by atoms with Gasteiger partial charge in [0.05, 0.1) is 11.0 Å². The monoisotopic (exact) mass is 210 g/mol. The van der Waals surface area contributed by atoms with Crippen molar-refractivity contribution >= 4 is 11.4 Å². The van der Waals surface area contributed by atoms with Crippen LogP contribution in [0.15, 0.2) is 12.1 Å². The van der Waals surface area contributed by atoms with E-state index in [2.05, 4.69) is 0 Å². The van der Waals surface area contributed by atoms with Crippen LogP contribution in [-0.4, -0.2) is 4.92 Å². The summed E-state index contributed by atoms with van der Waals surface area (Å²) in [7, 11) is 0. The van der Waals surface area contributed by atoms with Crippen LogP contribution < -0.4 is 5.73 Å². The van der Waals surface area contributed by atoms with E-state index in [9.17, 15) is 14.5 Å². The van der Waals surface area contributed by atoms with Gasteiger partial charge < -0.3 is 5.73 Å². The zero-order valence-electron chi connectivity index (χ0n) is 8.07. The van der Waals surface area contributed by atoms with Gasteiger partial charge in [-0.1, -0.05) is 0 Å². The van der Waals surface area contributed by atoms with Crippen molar-refractivity contribution in [3.63, 3.8) is 0 Å². The Kier molecular flexibility index (Phi) is 2.30. The Bertz CT molecular complexity index is 416. The van der Waals surface area contributed by atoms with Crippen LogP contribution in [-0.2, 0) is 6.42 Å². The molecule has 1 fully saturated rings. The first-order valence-electron chi connectivity index (χ1n) is 4.80. The number of hydrogen-bond donors (Lipinski definition) is 1. The molecule has 0 radical (unpaired) electrons. The average molecular weight is 210 g/mol. The number of halogens is 1. The summed E-state index contributed by atoms with van der Waals surface area (Å²) < 4.78 is 13.1. The number of nitrogen functional groups attached to an aromatic ring is 1. The molecule has 1 aliphatic carbocycles. The Labute approximate surface area is 86.0 Å². The van der Waals surface area contributed by atoms with Crippen molar-refractivity contribution in [1.82, 2.24) is 0 Å². The topological polar surface area (TPSA) is 69.2 Å². The molecule has 15 heavy (non-hydrogen) atoms. The maximum absolute atomic E-state index is 13.1. The molecule has 0 bridgehead atoms. The number of nitro benzene ring substituents is 1. The smallest absolute Gasteiger partial charge is 0.295 e. The minimum atomic E-state index is -0.644. The number of rotatable bonds is 3. The molecular formula is C10H11FN2O2. The van der Waals surface area contributed by atoms with Crippen LogP contribution in [0.4, 0.5) is 15.8 Å². The highest BCUT2D eigenvalue weighted by atomic mass is 19.1. The molecule has 0 atom stereocenters. The molecule has 4 nitrogen and oxygen atoms in total. The summed E-state index contributed by atoms with van der Waals surface area (Å²) in [6, 6.07) is 2.16. The summed E-state index contributed by atoms with van der Waals surface area (Å²) in [5, 5.41) is 10.6. The fraction of sp³-hybridized carbons (Fsp3) is 0.400. The quantitative estimate of drug-likeness (QED) is 0.472. The van der Waals surface area contributed by atoms with Crippen LogP contribution in [0.25, 0.3) is 0 Å². The fourth-order valence-electron chi connectivity index (χ4n) is 1.61. The predicted octanol–water partition coefficient (Wildman–Crippen LogP) is 2.27. The lowest BCUT2D eigenvalue weighted by Gasteiger charge is -2.05. The molecule has 5 heteroatoms. The molecule has 0 aliphatic heterocycles. The molecule has 0 aromatic heterocycles. The van der Waals surface area contributed by atoms with Crippen molar-refractivity contribution in [2.45, 2.75) is 19.3 Å². The maximum atomic E-state index is 13.1. The number of hydrogen-bond acceptors (Lipinski definition) is 3. The Morgan fingerprint density at radius 3 is 2.73 bits per heavy atom. The molecule has 2 rings (SSSR count). The number of benzene rings is 1. The van der Waals surface area contributed by atoms with Gasteiger partial charge in [0.15, 0.2) is 0 Å². The molecule has 1 aliphatic rings. The highest BCUT2D eigenvalue weighted by Crippen LogP contribution is 2.36. The number of anilines is 1. The van der Waals surface area contributed by atoms with Gasteiger partial charge in [-0.3, -0.25) is 10.1 Å². The van der Waals surface area contributed by atoms with Gasteiger partial charge in [-0.2, -0.15) is 0 Å². The van der Waals surface area contributed by atoms with Gasteiger partial charge in [0.2, 0.25) is 0 Å². The lowest BCUT2D eigenvalue weighted by atomic mass is 10.1. The third-order valence-electron chi connectivity index (χ3n) is 2.61. The van der Waals surface area contributed by atoms with Crippen molar-refractivity contribution in [3.8, 4) is 0 Å². The van der Waals surface area contributed by atoms with Gasteiger partial charge in [0.25, 0.3) is 5.69 Å². The summed E-state index contributed by atoms with van der Waals surface area (Å²) in [6.45, 7) is 0. The second-order valence-corrected chi connectivity index (χ2v) is 3.90. The van der Waals surface area contributed by atoms with Gasteiger partial charge >= 0.3 is 0 Å². The summed E-state index contributed by atoms with van der Waals surface area (Å²) in [4.78, 5) is 9.94. The zero-order chi connectivity index (χ0) is 11.0. The van der Waals surface area contributed by atoms with E-state index in [1.54, 1.807) is 0 Å². The largest absolute Gasteiger partial charge is 0.393 e. The first-order chi connectivity index (χ1) is 7.08. The van der Waals surface area contributed by atoms with E-state index in [1.807, 2.05) is 0 Å². The van der Waals surface area contributed by atoms with Crippen LogP contribution in [0.2, 0.25) is 0 Å². The molecule has 0 saturated heterocycles. The first-order valence-corrected chi connectivity index (χ1v) is 4.80. The van der Waals surface area contributed by atoms with E-state index in [1.165, 1.54) is 6.07 Å². The third-order valence-corrected chi connectivity index (χ3v) is 2.61. The highest BCUT2D eigenvalue weighted by molar-refractivity contribution is 5.63. The summed E-state index contributed by atoms with van der Waals surface area (Å²) in [5.74, 6) is -0.0692. The molecule has 0 unspecified atom stereocenters. The van der Waals surface area contributed by atoms with Crippen LogP contribution in [0.3, 0.4) is 0 Å². The lowest BCUT2D eigenvalue weighted by molar-refractivity contribution is -0.384. The van der Waals surface area contributed by atoms with Crippen LogP contribution in [0, 0.1) is 21.8 Å². The third kappa shape index (κ3) is 2.06. The van der Waals surface area contributed by atoms with E-state index >= 15 is 0 Å². The molecule has 0 spiro atoms. The van der Waals surface area contributed by atoms with Crippen molar-refractivity contribution in [2.24, 2.45) is 5.92 Å². The minimum Gasteiger partial charge on any atom is -0.393 e. The van der Waals surface area contributed by atoms with E-state index < -0.39 is 10.7 Å². The Hall–Kier alpha value is -1.65. The van der Waals surface area contributed by atoms with Crippen LogP contribution >= 0.6 is 0 Å². The van der Waals surface area contributed by atoms with Gasteiger partial charge in [0.1, 0.15) is 11.5 Å². The SMILES string of the molecule is Nc1c(CC2CC2)cc(F)cc1[N+](=O)[O-]. The van der Waals surface area contributed by atoms with E-state index in [4.69, 9.17) is 5.73 Å². The zero-order valence-corrected chi connectivity index (χ0v) is 8.07. The molecular weight excluding hydrogens is 199 g/mol. The highest BCUT2D eigenvalue weighted by Gasteiger charge is 2.25. The maximum Gasteiger partial charge on any atom is 0.295 e. The molecule has 1 saturated carbocycles. The molecule has 0 amide bonds. The van der Waals surface area contributed by atoms with Gasteiger partial charge in [-0.15, -0.1) is 0 Å². The molecule has 2 N–H and O–H groups in total. The standard InChI is InChI=1S/C10H11FN2O2/c11-8-4-7(3-6-1-2-6)10(12)9(5-8)13(14)15/h4-6H,1-3,12H2. The summed E-state index contributed by atoms with van der Waals surface area (Å²) in [5.41, 5.74) is 5.96. The Morgan fingerprint density at radius 2 is 2.20 bits per heavy atom. The van der Waals surface area contributed by atoms with E-state index in [-0.39, 0.29) is 11.4 Å². The van der Waals surface area contributed by atoms with Crippen molar-refractivity contribution in [2.75, 3.05) is 5.73 Å². The van der Waals surface area contributed by atoms with Crippen molar-refractivity contribution in [3.05, 3.63) is 33.6 Å². The second kappa shape index (κ2) is 3.49. The number of nitrogens with two attached hydrogens (primary N) is 1. The van der Waals surface area contributed by atoms with E-state index in [0.29, 0.717) is 17.9 Å². The predicted molar refractivity (Wildman–Crippen MR) is 53.9 cm³/mol. The normalized spacial score (nSPS) is 15.3. The molecule has 1 aromatic rings. The van der Waals surface area contributed by atoms with Gasteiger partial charge in [0, 0.05) is 0 Å². The molecule has 80 valence electrons. The number of nitrogens with zero attached hydrogens (tertiary/aromatic N) is 1. The fourth-order valence-corrected chi connectivity index (χ4v) is 1.61. The molecule has 0 heterocycles. The lowest BCUT2D eigenvalue weighted by Crippen LogP contribution is -2.02. The van der Waals surface area contributed by atoms with Crippen molar-refractivity contribution in [1.29, 1.82) is 0 Å². The average Bonchev–Trinajstić information content (AvgIpc) is 2.94. The molecule has 1 aromatic carbocycles. The van der Waals surface area contributed by atoms with Gasteiger partial charge in [-0.05, 0) is 36.8 Å².